The summed E-state index contributed by atoms with van der Waals surface area (Å²) < 4.78 is 63.5. The number of aromatic nitrogens is 1. The molecule has 13 heteroatoms. The third-order valence-electron chi connectivity index (χ3n) is 3.57. The van der Waals surface area contributed by atoms with Crippen LogP contribution in [0.5, 0.6) is 0 Å². The third-order valence-corrected chi connectivity index (χ3v) is 3.57. The van der Waals surface area contributed by atoms with Gasteiger partial charge >= 0.3 is 24.3 Å². The lowest BCUT2D eigenvalue weighted by Crippen LogP contribution is -2.71. The first-order valence-corrected chi connectivity index (χ1v) is 7.23. The molecule has 0 unspecified atom stereocenters. The molecular formula is C14H15F6N3O4. The van der Waals surface area contributed by atoms with Crippen molar-refractivity contribution in [2.24, 2.45) is 5.41 Å². The zero-order chi connectivity index (χ0) is 20.9. The summed E-state index contributed by atoms with van der Waals surface area (Å²) in [6, 6.07) is 4.16. The van der Waals surface area contributed by atoms with E-state index in [2.05, 4.69) is 27.3 Å². The summed E-state index contributed by atoms with van der Waals surface area (Å²) in [4.78, 5) is 24.2. The Morgan fingerprint density at radius 2 is 1.33 bits per heavy atom. The Morgan fingerprint density at radius 1 is 0.963 bits per heavy atom. The maximum absolute atomic E-state index is 10.6. The second-order valence-electron chi connectivity index (χ2n) is 5.77. The zero-order valence-corrected chi connectivity index (χ0v) is 13.5. The molecule has 3 rings (SSSR count). The van der Waals surface area contributed by atoms with Gasteiger partial charge in [-0.05, 0) is 12.1 Å². The topological polar surface area (TPSA) is 103 Å². The van der Waals surface area contributed by atoms with Crippen molar-refractivity contribution < 1.29 is 46.1 Å². The molecule has 0 aromatic carbocycles. The van der Waals surface area contributed by atoms with E-state index in [0.717, 1.165) is 0 Å². The summed E-state index contributed by atoms with van der Waals surface area (Å²) in [5.41, 5.74) is 1.93. The van der Waals surface area contributed by atoms with Gasteiger partial charge < -0.3 is 20.4 Å². The Labute approximate surface area is 148 Å². The van der Waals surface area contributed by atoms with Crippen LogP contribution in [0.15, 0.2) is 24.5 Å². The summed E-state index contributed by atoms with van der Waals surface area (Å²) in [6.45, 7) is 4.83. The van der Waals surface area contributed by atoms with Crippen LogP contribution in [0.4, 0.5) is 32.0 Å². The molecule has 1 aromatic heterocycles. The molecule has 2 fully saturated rings. The summed E-state index contributed by atoms with van der Waals surface area (Å²) in [5.74, 6) is -5.51. The Morgan fingerprint density at radius 3 is 1.59 bits per heavy atom. The van der Waals surface area contributed by atoms with E-state index in [1.165, 1.54) is 31.9 Å². The molecule has 27 heavy (non-hydrogen) atoms. The number of alkyl halides is 6. The number of aliphatic carboxylic acids is 2. The number of carbonyl (C=O) groups is 2. The van der Waals surface area contributed by atoms with Crippen molar-refractivity contribution in [3.05, 3.63) is 24.5 Å². The van der Waals surface area contributed by atoms with E-state index in [-0.39, 0.29) is 0 Å². The average Bonchev–Trinajstić information content (AvgIpc) is 2.44. The molecule has 0 aliphatic carbocycles. The van der Waals surface area contributed by atoms with Crippen LogP contribution in [0.2, 0.25) is 0 Å². The normalized spacial score (nSPS) is 17.3. The highest BCUT2D eigenvalue weighted by molar-refractivity contribution is 5.73. The van der Waals surface area contributed by atoms with Crippen molar-refractivity contribution in [3.63, 3.8) is 0 Å². The van der Waals surface area contributed by atoms with E-state index in [1.54, 1.807) is 0 Å². The number of pyridine rings is 1. The number of hydrogen-bond donors (Lipinski definition) is 3. The number of nitrogens with one attached hydrogen (secondary N) is 1. The lowest BCUT2D eigenvalue weighted by molar-refractivity contribution is -0.193. The molecule has 2 aliphatic rings. The van der Waals surface area contributed by atoms with Gasteiger partial charge in [0, 0.05) is 49.7 Å². The second-order valence-corrected chi connectivity index (χ2v) is 5.77. The summed E-state index contributed by atoms with van der Waals surface area (Å²) in [7, 11) is 0. The number of anilines is 1. The fourth-order valence-corrected chi connectivity index (χ4v) is 2.20. The minimum absolute atomic E-state index is 0.614. The van der Waals surface area contributed by atoms with E-state index < -0.39 is 24.3 Å². The van der Waals surface area contributed by atoms with Gasteiger partial charge in [0.1, 0.15) is 0 Å². The van der Waals surface area contributed by atoms with Gasteiger partial charge in [0.15, 0.2) is 0 Å². The Kier molecular flexibility index (Phi) is 7.00. The molecule has 0 amide bonds. The van der Waals surface area contributed by atoms with Gasteiger partial charge in [-0.2, -0.15) is 26.3 Å². The van der Waals surface area contributed by atoms with E-state index in [0.29, 0.717) is 5.41 Å². The van der Waals surface area contributed by atoms with Crippen LogP contribution in [0.1, 0.15) is 0 Å². The van der Waals surface area contributed by atoms with E-state index in [9.17, 15) is 26.3 Å². The number of nitrogens with zero attached hydrogens (tertiary/aromatic N) is 2. The second kappa shape index (κ2) is 8.41. The van der Waals surface area contributed by atoms with Gasteiger partial charge in [-0.15, -0.1) is 0 Å². The molecule has 0 atom stereocenters. The van der Waals surface area contributed by atoms with Crippen LogP contribution >= 0.6 is 0 Å². The molecule has 2 saturated heterocycles. The molecular weight excluding hydrogens is 388 g/mol. The smallest absolute Gasteiger partial charge is 0.475 e. The molecule has 7 nitrogen and oxygen atoms in total. The van der Waals surface area contributed by atoms with Crippen molar-refractivity contribution in [2.45, 2.75) is 12.4 Å². The SMILES string of the molecule is O=C(O)C(F)(F)F.O=C(O)C(F)(F)F.c1cc(N2CC3(CNC3)C2)ccn1. The largest absolute Gasteiger partial charge is 0.490 e. The van der Waals surface area contributed by atoms with Crippen molar-refractivity contribution in [2.75, 3.05) is 31.1 Å². The van der Waals surface area contributed by atoms with Crippen molar-refractivity contribution in [1.82, 2.24) is 10.3 Å². The molecule has 0 saturated carbocycles. The molecule has 3 N–H and O–H groups in total. The number of halogens is 6. The van der Waals surface area contributed by atoms with Gasteiger partial charge in [-0.25, -0.2) is 9.59 Å². The minimum Gasteiger partial charge on any atom is -0.475 e. The predicted molar refractivity (Wildman–Crippen MR) is 79.1 cm³/mol. The first kappa shape index (κ1) is 22.5. The van der Waals surface area contributed by atoms with Crippen LogP contribution in [0.25, 0.3) is 0 Å². The molecule has 1 aromatic rings. The Bertz CT molecular complexity index is 614. The average molecular weight is 403 g/mol. The van der Waals surface area contributed by atoms with Gasteiger partial charge in [-0.3, -0.25) is 4.98 Å². The Balaban J connectivity index is 0.000000226. The van der Waals surface area contributed by atoms with Crippen LogP contribution in [0, 0.1) is 5.41 Å². The quantitative estimate of drug-likeness (QED) is 0.614. The lowest BCUT2D eigenvalue weighted by atomic mass is 9.74. The first-order chi connectivity index (χ1) is 12.3. The van der Waals surface area contributed by atoms with Gasteiger partial charge in [0.2, 0.25) is 0 Å². The van der Waals surface area contributed by atoms with Crippen LogP contribution in [0.3, 0.4) is 0 Å². The van der Waals surface area contributed by atoms with E-state index >= 15 is 0 Å². The summed E-state index contributed by atoms with van der Waals surface area (Å²) >= 11 is 0. The monoisotopic (exact) mass is 403 g/mol. The van der Waals surface area contributed by atoms with Crippen molar-refractivity contribution in [3.8, 4) is 0 Å². The number of carboxylic acids is 2. The summed E-state index contributed by atoms with van der Waals surface area (Å²) in [5, 5.41) is 17.6. The maximum atomic E-state index is 10.6. The molecule has 152 valence electrons. The van der Waals surface area contributed by atoms with Gasteiger partial charge in [0.25, 0.3) is 0 Å². The van der Waals surface area contributed by atoms with Crippen molar-refractivity contribution >= 4 is 17.6 Å². The molecule has 2 aliphatic heterocycles. The van der Waals surface area contributed by atoms with Gasteiger partial charge in [-0.1, -0.05) is 0 Å². The first-order valence-electron chi connectivity index (χ1n) is 7.23. The van der Waals surface area contributed by atoms with E-state index in [1.807, 2.05) is 12.4 Å². The number of hydrogen-bond acceptors (Lipinski definition) is 5. The van der Waals surface area contributed by atoms with Crippen molar-refractivity contribution in [1.29, 1.82) is 0 Å². The summed E-state index contributed by atoms with van der Waals surface area (Å²) in [6.07, 6.45) is -6.45. The number of rotatable bonds is 1. The van der Waals surface area contributed by atoms with E-state index in [4.69, 9.17) is 19.8 Å². The standard InChI is InChI=1S/C10H13N3.2C2HF3O2/c1-3-11-4-2-9(1)13-7-10(8-13)5-12-6-10;2*3-2(4,5)1(6)7/h1-4,12H,5-8H2;2*(H,6,7). The fraction of sp³-hybridized carbons (Fsp3) is 0.500. The Hall–Kier alpha value is -2.57. The number of carboxylic acid groups (broad SMARTS) is 2. The molecule has 0 bridgehead atoms. The highest BCUT2D eigenvalue weighted by Gasteiger charge is 2.47. The van der Waals surface area contributed by atoms with Gasteiger partial charge in [0.05, 0.1) is 0 Å². The van der Waals surface area contributed by atoms with Crippen LogP contribution in [-0.2, 0) is 9.59 Å². The van der Waals surface area contributed by atoms with Crippen LogP contribution in [-0.4, -0.2) is 65.7 Å². The third kappa shape index (κ3) is 6.92. The minimum atomic E-state index is -5.08. The molecule has 1 spiro atoms. The fourth-order valence-electron chi connectivity index (χ4n) is 2.20. The predicted octanol–water partition coefficient (Wildman–Crippen LogP) is 1.76. The zero-order valence-electron chi connectivity index (χ0n) is 13.5. The highest BCUT2D eigenvalue weighted by atomic mass is 19.4. The highest BCUT2D eigenvalue weighted by Crippen LogP contribution is 2.36. The maximum Gasteiger partial charge on any atom is 0.490 e. The molecule has 3 heterocycles. The molecule has 0 radical (unpaired) electrons. The van der Waals surface area contributed by atoms with Crippen LogP contribution < -0.4 is 10.2 Å². The lowest BCUT2D eigenvalue weighted by Gasteiger charge is -2.57.